The molecule has 0 saturated heterocycles. The number of rotatable bonds is 6. The van der Waals surface area contributed by atoms with E-state index in [1.807, 2.05) is 0 Å². The van der Waals surface area contributed by atoms with Crippen LogP contribution in [0.25, 0.3) is 0 Å². The monoisotopic (exact) mass is 228 g/mol. The molecule has 2 heteroatoms. The van der Waals surface area contributed by atoms with Crippen LogP contribution in [0.2, 0.25) is 0 Å². The molecular formula is C14H30NO+. The van der Waals surface area contributed by atoms with Crippen molar-refractivity contribution in [3.8, 4) is 0 Å². The second kappa shape index (κ2) is 6.61. The lowest BCUT2D eigenvalue weighted by molar-refractivity contribution is -0.695. The van der Waals surface area contributed by atoms with Crippen molar-refractivity contribution < 1.29 is 10.1 Å². The van der Waals surface area contributed by atoms with Crippen LogP contribution in [0.1, 0.15) is 53.4 Å². The standard InChI is InChI=1S/C14H29NO/c1-5-16-8-6-7-15-13-9-12(2)10-14(3,4)11-13/h12-13,15H,5-11H2,1-4H3/p+1/t12-,13-/m0/s1. The van der Waals surface area contributed by atoms with E-state index in [2.05, 4.69) is 33.0 Å². The molecule has 16 heavy (non-hydrogen) atoms. The fourth-order valence-electron chi connectivity index (χ4n) is 3.28. The average molecular weight is 228 g/mol. The Hall–Kier alpha value is -0.0800. The molecular weight excluding hydrogens is 198 g/mol. The number of nitrogens with two attached hydrogens (primary N) is 1. The molecule has 0 aliphatic heterocycles. The molecule has 2 N–H and O–H groups in total. The topological polar surface area (TPSA) is 25.8 Å². The molecule has 96 valence electrons. The zero-order valence-electron chi connectivity index (χ0n) is 11.6. The Morgan fingerprint density at radius 1 is 1.31 bits per heavy atom. The minimum absolute atomic E-state index is 0.554. The first-order valence-corrected chi connectivity index (χ1v) is 6.94. The molecule has 1 aliphatic rings. The van der Waals surface area contributed by atoms with Crippen LogP contribution in [-0.4, -0.2) is 25.8 Å². The van der Waals surface area contributed by atoms with Crippen molar-refractivity contribution in [1.29, 1.82) is 0 Å². The third kappa shape index (κ3) is 5.31. The van der Waals surface area contributed by atoms with Gasteiger partial charge in [0.1, 0.15) is 0 Å². The predicted octanol–water partition coefficient (Wildman–Crippen LogP) is 2.19. The van der Waals surface area contributed by atoms with E-state index in [1.165, 1.54) is 32.2 Å². The lowest BCUT2D eigenvalue weighted by Gasteiger charge is -2.37. The van der Waals surface area contributed by atoms with Gasteiger partial charge in [-0.2, -0.15) is 0 Å². The quantitative estimate of drug-likeness (QED) is 0.693. The van der Waals surface area contributed by atoms with Crippen molar-refractivity contribution in [2.75, 3.05) is 19.8 Å². The lowest BCUT2D eigenvalue weighted by atomic mass is 9.70. The van der Waals surface area contributed by atoms with Crippen molar-refractivity contribution in [3.05, 3.63) is 0 Å². The van der Waals surface area contributed by atoms with Crippen LogP contribution >= 0.6 is 0 Å². The minimum atomic E-state index is 0.554. The third-order valence-electron chi connectivity index (χ3n) is 3.62. The highest BCUT2D eigenvalue weighted by molar-refractivity contribution is 4.82. The van der Waals surface area contributed by atoms with Crippen molar-refractivity contribution in [3.63, 3.8) is 0 Å². The fraction of sp³-hybridized carbons (Fsp3) is 1.00. The Bertz CT molecular complexity index is 191. The summed E-state index contributed by atoms with van der Waals surface area (Å²) in [7, 11) is 0. The van der Waals surface area contributed by atoms with Gasteiger partial charge in [-0.3, -0.25) is 0 Å². The molecule has 0 heterocycles. The van der Waals surface area contributed by atoms with E-state index >= 15 is 0 Å². The van der Waals surface area contributed by atoms with Crippen LogP contribution < -0.4 is 5.32 Å². The predicted molar refractivity (Wildman–Crippen MR) is 68.5 cm³/mol. The van der Waals surface area contributed by atoms with Crippen LogP contribution in [0.4, 0.5) is 0 Å². The van der Waals surface area contributed by atoms with Gasteiger partial charge in [-0.05, 0) is 24.7 Å². The highest BCUT2D eigenvalue weighted by atomic mass is 16.5. The molecule has 0 aromatic rings. The summed E-state index contributed by atoms with van der Waals surface area (Å²) in [4.78, 5) is 0. The molecule has 0 amide bonds. The van der Waals surface area contributed by atoms with Gasteiger partial charge in [0.2, 0.25) is 0 Å². The van der Waals surface area contributed by atoms with Gasteiger partial charge in [-0.25, -0.2) is 0 Å². The van der Waals surface area contributed by atoms with Crippen molar-refractivity contribution in [1.82, 2.24) is 0 Å². The van der Waals surface area contributed by atoms with Crippen LogP contribution in [0.15, 0.2) is 0 Å². The van der Waals surface area contributed by atoms with Gasteiger partial charge in [0, 0.05) is 25.9 Å². The molecule has 1 aliphatic carbocycles. The summed E-state index contributed by atoms with van der Waals surface area (Å²) in [6.07, 6.45) is 5.37. The minimum Gasteiger partial charge on any atom is -0.382 e. The van der Waals surface area contributed by atoms with E-state index in [4.69, 9.17) is 4.74 Å². The van der Waals surface area contributed by atoms with Crippen LogP contribution in [0.5, 0.6) is 0 Å². The number of ether oxygens (including phenoxy) is 1. The Morgan fingerprint density at radius 3 is 2.69 bits per heavy atom. The highest BCUT2D eigenvalue weighted by Gasteiger charge is 2.33. The summed E-state index contributed by atoms with van der Waals surface area (Å²) < 4.78 is 5.36. The second-order valence-corrected chi connectivity index (χ2v) is 6.25. The van der Waals surface area contributed by atoms with Gasteiger partial charge < -0.3 is 10.1 Å². The van der Waals surface area contributed by atoms with Crippen molar-refractivity contribution >= 4 is 0 Å². The van der Waals surface area contributed by atoms with Gasteiger partial charge in [0.25, 0.3) is 0 Å². The fourth-order valence-corrected chi connectivity index (χ4v) is 3.28. The zero-order chi connectivity index (χ0) is 12.0. The van der Waals surface area contributed by atoms with E-state index in [0.29, 0.717) is 5.41 Å². The van der Waals surface area contributed by atoms with Gasteiger partial charge in [-0.15, -0.1) is 0 Å². The molecule has 1 fully saturated rings. The zero-order valence-corrected chi connectivity index (χ0v) is 11.6. The Morgan fingerprint density at radius 2 is 2.06 bits per heavy atom. The Labute approximate surface area is 101 Å². The number of hydrogen-bond acceptors (Lipinski definition) is 1. The maximum atomic E-state index is 5.36. The average Bonchev–Trinajstić information content (AvgIpc) is 2.14. The van der Waals surface area contributed by atoms with Crippen LogP contribution in [0.3, 0.4) is 0 Å². The molecule has 0 bridgehead atoms. The number of quaternary nitrogens is 1. The first-order valence-electron chi connectivity index (χ1n) is 6.94. The van der Waals surface area contributed by atoms with Crippen molar-refractivity contribution in [2.45, 2.75) is 59.4 Å². The largest absolute Gasteiger partial charge is 0.382 e. The summed E-state index contributed by atoms with van der Waals surface area (Å²) in [6.45, 7) is 12.3. The van der Waals surface area contributed by atoms with Gasteiger partial charge in [0.05, 0.1) is 19.2 Å². The normalized spacial score (nSPS) is 29.2. The molecule has 0 radical (unpaired) electrons. The smallest absolute Gasteiger partial charge is 0.0866 e. The Kier molecular flexibility index (Phi) is 5.77. The van der Waals surface area contributed by atoms with E-state index in [0.717, 1.165) is 25.2 Å². The van der Waals surface area contributed by atoms with Gasteiger partial charge in [0.15, 0.2) is 0 Å². The summed E-state index contributed by atoms with van der Waals surface area (Å²) in [5.74, 6) is 0.900. The summed E-state index contributed by atoms with van der Waals surface area (Å²) in [5.41, 5.74) is 0.554. The van der Waals surface area contributed by atoms with Gasteiger partial charge in [-0.1, -0.05) is 20.8 Å². The van der Waals surface area contributed by atoms with E-state index in [1.54, 1.807) is 0 Å². The van der Waals surface area contributed by atoms with Crippen LogP contribution in [0, 0.1) is 11.3 Å². The third-order valence-corrected chi connectivity index (χ3v) is 3.62. The molecule has 2 nitrogen and oxygen atoms in total. The van der Waals surface area contributed by atoms with Gasteiger partial charge >= 0.3 is 0 Å². The SMILES string of the molecule is CCOCCC[NH2+][C@H]1C[C@H](C)CC(C)(C)C1. The Balaban J connectivity index is 2.16. The second-order valence-electron chi connectivity index (χ2n) is 6.25. The van der Waals surface area contributed by atoms with E-state index < -0.39 is 0 Å². The molecule has 0 spiro atoms. The molecule has 0 aromatic heterocycles. The molecule has 1 saturated carbocycles. The first-order chi connectivity index (χ1) is 7.53. The summed E-state index contributed by atoms with van der Waals surface area (Å²) in [6, 6.07) is 0.848. The lowest BCUT2D eigenvalue weighted by Crippen LogP contribution is -2.91. The molecule has 0 unspecified atom stereocenters. The van der Waals surface area contributed by atoms with Crippen molar-refractivity contribution in [2.24, 2.45) is 11.3 Å². The van der Waals surface area contributed by atoms with Crippen LogP contribution in [-0.2, 0) is 4.74 Å². The molecule has 0 aromatic carbocycles. The van der Waals surface area contributed by atoms with E-state index in [-0.39, 0.29) is 0 Å². The summed E-state index contributed by atoms with van der Waals surface area (Å²) >= 11 is 0. The highest BCUT2D eigenvalue weighted by Crippen LogP contribution is 2.37. The molecule has 2 atom stereocenters. The maximum Gasteiger partial charge on any atom is 0.0866 e. The maximum absolute atomic E-state index is 5.36. The summed E-state index contributed by atoms with van der Waals surface area (Å²) in [5, 5.41) is 2.55. The first kappa shape index (κ1) is 14.0. The number of hydrogen-bond donors (Lipinski definition) is 1. The van der Waals surface area contributed by atoms with E-state index in [9.17, 15) is 0 Å². The molecule has 1 rings (SSSR count).